The number of benzene rings is 2. The number of aromatic nitrogens is 2. The summed E-state index contributed by atoms with van der Waals surface area (Å²) in [6, 6.07) is 13.5. The van der Waals surface area contributed by atoms with Gasteiger partial charge < -0.3 is 9.63 Å². The highest BCUT2D eigenvalue weighted by atomic mass is 35.5. The summed E-state index contributed by atoms with van der Waals surface area (Å²) in [4.78, 5) is 15.4. The van der Waals surface area contributed by atoms with Crippen molar-refractivity contribution in [3.05, 3.63) is 59.1 Å². The number of aromatic carboxylic acids is 1. The van der Waals surface area contributed by atoms with Gasteiger partial charge in [0.05, 0.1) is 16.1 Å². The number of carbonyl (C=O) groups is 1. The van der Waals surface area contributed by atoms with Gasteiger partial charge in [-0.15, -0.1) is 0 Å². The van der Waals surface area contributed by atoms with Crippen molar-refractivity contribution in [1.29, 1.82) is 0 Å². The summed E-state index contributed by atoms with van der Waals surface area (Å²) in [6.45, 7) is 0. The molecule has 104 valence electrons. The van der Waals surface area contributed by atoms with E-state index in [4.69, 9.17) is 16.1 Å². The molecule has 0 radical (unpaired) electrons. The van der Waals surface area contributed by atoms with E-state index in [1.807, 2.05) is 6.07 Å². The molecule has 0 saturated heterocycles. The molecule has 21 heavy (non-hydrogen) atoms. The Kier molecular flexibility index (Phi) is 3.41. The van der Waals surface area contributed by atoms with E-state index in [0.717, 1.165) is 0 Å². The van der Waals surface area contributed by atoms with Gasteiger partial charge in [-0.25, -0.2) is 4.79 Å². The molecule has 0 spiro atoms. The van der Waals surface area contributed by atoms with Crippen LogP contribution in [-0.2, 0) is 0 Å². The summed E-state index contributed by atoms with van der Waals surface area (Å²) in [6.07, 6.45) is 0. The normalized spacial score (nSPS) is 10.5. The lowest BCUT2D eigenvalue weighted by atomic mass is 10.1. The molecule has 0 aliphatic carbocycles. The summed E-state index contributed by atoms with van der Waals surface area (Å²) in [7, 11) is 0. The zero-order chi connectivity index (χ0) is 14.8. The molecule has 0 bridgehead atoms. The smallest absolute Gasteiger partial charge is 0.336 e. The Morgan fingerprint density at radius 2 is 1.71 bits per heavy atom. The zero-order valence-corrected chi connectivity index (χ0v) is 11.4. The van der Waals surface area contributed by atoms with Crippen LogP contribution >= 0.6 is 11.6 Å². The second kappa shape index (κ2) is 5.38. The van der Waals surface area contributed by atoms with E-state index < -0.39 is 5.97 Å². The molecule has 2 aromatic carbocycles. The first-order chi connectivity index (χ1) is 10.2. The number of nitrogens with zero attached hydrogens (tertiary/aromatic N) is 2. The van der Waals surface area contributed by atoms with E-state index in [1.165, 1.54) is 6.07 Å². The van der Waals surface area contributed by atoms with Crippen molar-refractivity contribution in [2.24, 2.45) is 0 Å². The van der Waals surface area contributed by atoms with Gasteiger partial charge in [-0.2, -0.15) is 4.98 Å². The van der Waals surface area contributed by atoms with Crippen molar-refractivity contribution in [1.82, 2.24) is 10.1 Å². The van der Waals surface area contributed by atoms with Crippen LogP contribution in [0.15, 0.2) is 53.1 Å². The minimum atomic E-state index is -1.05. The monoisotopic (exact) mass is 300 g/mol. The molecule has 0 unspecified atom stereocenters. The van der Waals surface area contributed by atoms with Crippen molar-refractivity contribution in [2.45, 2.75) is 0 Å². The van der Waals surface area contributed by atoms with Crippen LogP contribution in [0.2, 0.25) is 5.02 Å². The first-order valence-corrected chi connectivity index (χ1v) is 6.46. The summed E-state index contributed by atoms with van der Waals surface area (Å²) >= 11 is 6.08. The van der Waals surface area contributed by atoms with Crippen LogP contribution in [0, 0.1) is 0 Å². The molecule has 5 nitrogen and oxygen atoms in total. The molecule has 0 amide bonds. The molecule has 0 aliphatic rings. The SMILES string of the molecule is O=C(O)c1ccccc1-c1nc(-c2ccccc2Cl)no1. The Morgan fingerprint density at radius 1 is 1.05 bits per heavy atom. The first-order valence-electron chi connectivity index (χ1n) is 6.08. The Labute approximate surface area is 124 Å². The molecule has 1 N–H and O–H groups in total. The van der Waals surface area contributed by atoms with Gasteiger partial charge in [-0.3, -0.25) is 0 Å². The second-order valence-electron chi connectivity index (χ2n) is 4.25. The fourth-order valence-corrected chi connectivity index (χ4v) is 2.16. The molecule has 0 saturated carbocycles. The fraction of sp³-hybridized carbons (Fsp3) is 0. The molecule has 3 rings (SSSR count). The quantitative estimate of drug-likeness (QED) is 0.797. The van der Waals surface area contributed by atoms with E-state index in [9.17, 15) is 9.90 Å². The maximum absolute atomic E-state index is 11.2. The molecular weight excluding hydrogens is 292 g/mol. The van der Waals surface area contributed by atoms with Gasteiger partial charge in [0.25, 0.3) is 5.89 Å². The summed E-state index contributed by atoms with van der Waals surface area (Å²) in [5.74, 6) is -0.596. The van der Waals surface area contributed by atoms with Gasteiger partial charge in [-0.05, 0) is 24.3 Å². The van der Waals surface area contributed by atoms with Crippen molar-refractivity contribution >= 4 is 17.6 Å². The van der Waals surface area contributed by atoms with Crippen LogP contribution < -0.4 is 0 Å². The lowest BCUT2D eigenvalue weighted by Crippen LogP contribution is -1.99. The van der Waals surface area contributed by atoms with E-state index in [0.29, 0.717) is 22.0 Å². The van der Waals surface area contributed by atoms with Gasteiger partial charge in [0.1, 0.15) is 0 Å². The summed E-state index contributed by atoms with van der Waals surface area (Å²) in [5, 5.41) is 13.5. The lowest BCUT2D eigenvalue weighted by Gasteiger charge is -1.99. The van der Waals surface area contributed by atoms with Gasteiger partial charge in [-0.1, -0.05) is 41.0 Å². The van der Waals surface area contributed by atoms with Crippen LogP contribution in [0.4, 0.5) is 0 Å². The number of rotatable bonds is 3. The van der Waals surface area contributed by atoms with Crippen LogP contribution in [0.5, 0.6) is 0 Å². The average Bonchev–Trinajstić information content (AvgIpc) is 2.97. The standard InChI is InChI=1S/C15H9ClN2O3/c16-12-8-4-3-7-11(12)13-17-14(21-18-13)9-5-1-2-6-10(9)15(19)20/h1-8H,(H,19,20). The van der Waals surface area contributed by atoms with Crippen molar-refractivity contribution in [2.75, 3.05) is 0 Å². The topological polar surface area (TPSA) is 76.2 Å². The number of hydrogen-bond donors (Lipinski definition) is 1. The maximum Gasteiger partial charge on any atom is 0.336 e. The molecule has 3 aromatic rings. The highest BCUT2D eigenvalue weighted by Crippen LogP contribution is 2.28. The van der Waals surface area contributed by atoms with E-state index in [-0.39, 0.29) is 11.5 Å². The van der Waals surface area contributed by atoms with E-state index >= 15 is 0 Å². The third-order valence-corrected chi connectivity index (χ3v) is 3.26. The second-order valence-corrected chi connectivity index (χ2v) is 4.66. The predicted molar refractivity (Wildman–Crippen MR) is 77.1 cm³/mol. The molecule has 0 aliphatic heterocycles. The molecule has 0 fully saturated rings. The van der Waals surface area contributed by atoms with Crippen molar-refractivity contribution < 1.29 is 14.4 Å². The zero-order valence-electron chi connectivity index (χ0n) is 10.7. The van der Waals surface area contributed by atoms with Crippen LogP contribution in [0.1, 0.15) is 10.4 Å². The van der Waals surface area contributed by atoms with Gasteiger partial charge in [0.2, 0.25) is 5.82 Å². The van der Waals surface area contributed by atoms with Crippen LogP contribution in [0.3, 0.4) is 0 Å². The number of hydrogen-bond acceptors (Lipinski definition) is 4. The van der Waals surface area contributed by atoms with Gasteiger partial charge >= 0.3 is 5.97 Å². The Bertz CT molecular complexity index is 814. The van der Waals surface area contributed by atoms with Gasteiger partial charge in [0.15, 0.2) is 0 Å². The van der Waals surface area contributed by atoms with E-state index in [2.05, 4.69) is 10.1 Å². The summed E-state index contributed by atoms with van der Waals surface area (Å²) in [5.41, 5.74) is 1.10. The molecule has 1 aromatic heterocycles. The Hall–Kier alpha value is -2.66. The Balaban J connectivity index is 2.08. The lowest BCUT2D eigenvalue weighted by molar-refractivity contribution is 0.0697. The number of carboxylic acids is 1. The third kappa shape index (κ3) is 2.51. The minimum absolute atomic E-state index is 0.104. The van der Waals surface area contributed by atoms with E-state index in [1.54, 1.807) is 36.4 Å². The maximum atomic E-state index is 11.2. The predicted octanol–water partition coefficient (Wildman–Crippen LogP) is 3.76. The molecular formula is C15H9ClN2O3. The van der Waals surface area contributed by atoms with Crippen LogP contribution in [-0.4, -0.2) is 21.2 Å². The first kappa shape index (κ1) is 13.3. The Morgan fingerprint density at radius 3 is 2.43 bits per heavy atom. The minimum Gasteiger partial charge on any atom is -0.478 e. The van der Waals surface area contributed by atoms with Gasteiger partial charge in [0, 0.05) is 5.56 Å². The molecule has 1 heterocycles. The molecule has 6 heteroatoms. The highest BCUT2D eigenvalue weighted by molar-refractivity contribution is 6.33. The molecule has 0 atom stereocenters. The number of carboxylic acid groups (broad SMARTS) is 1. The summed E-state index contributed by atoms with van der Waals surface area (Å²) < 4.78 is 5.17. The number of halogens is 1. The van der Waals surface area contributed by atoms with Crippen LogP contribution in [0.25, 0.3) is 22.8 Å². The fourth-order valence-electron chi connectivity index (χ4n) is 1.94. The van der Waals surface area contributed by atoms with Crippen molar-refractivity contribution in [3.63, 3.8) is 0 Å². The highest BCUT2D eigenvalue weighted by Gasteiger charge is 2.18. The average molecular weight is 301 g/mol. The largest absolute Gasteiger partial charge is 0.478 e. The van der Waals surface area contributed by atoms with Crippen molar-refractivity contribution in [3.8, 4) is 22.8 Å². The third-order valence-electron chi connectivity index (χ3n) is 2.93.